The van der Waals surface area contributed by atoms with Gasteiger partial charge in [0.15, 0.2) is 0 Å². The molecule has 0 radical (unpaired) electrons. The van der Waals surface area contributed by atoms with E-state index in [9.17, 15) is 4.39 Å². The Morgan fingerprint density at radius 2 is 1.81 bits per heavy atom. The van der Waals surface area contributed by atoms with Crippen molar-refractivity contribution in [2.24, 2.45) is 5.73 Å². The van der Waals surface area contributed by atoms with Crippen molar-refractivity contribution in [3.8, 4) is 5.75 Å². The van der Waals surface area contributed by atoms with Gasteiger partial charge >= 0.3 is 0 Å². The topological polar surface area (TPSA) is 35.2 Å². The van der Waals surface area contributed by atoms with Gasteiger partial charge in [-0.15, -0.1) is 0 Å². The van der Waals surface area contributed by atoms with Gasteiger partial charge in [-0.2, -0.15) is 0 Å². The molecule has 0 fully saturated rings. The van der Waals surface area contributed by atoms with Crippen LogP contribution in [0.5, 0.6) is 5.75 Å². The fraction of sp³-hybridized carbons (Fsp3) is 0.294. The van der Waals surface area contributed by atoms with E-state index in [0.29, 0.717) is 12.8 Å². The van der Waals surface area contributed by atoms with Gasteiger partial charge in [-0.25, -0.2) is 4.39 Å². The number of hydrogen-bond acceptors (Lipinski definition) is 2. The van der Waals surface area contributed by atoms with E-state index in [1.54, 1.807) is 13.2 Å². The van der Waals surface area contributed by atoms with Crippen molar-refractivity contribution in [1.29, 1.82) is 0 Å². The lowest BCUT2D eigenvalue weighted by molar-refractivity contribution is 0.414. The fourth-order valence-electron chi connectivity index (χ4n) is 2.39. The highest BCUT2D eigenvalue weighted by Crippen LogP contribution is 2.25. The molecule has 0 aliphatic rings. The number of nitrogens with two attached hydrogens (primary N) is 1. The Morgan fingerprint density at radius 1 is 1.14 bits per heavy atom. The maximum atomic E-state index is 13.5. The summed E-state index contributed by atoms with van der Waals surface area (Å²) in [7, 11) is 1.63. The summed E-state index contributed by atoms with van der Waals surface area (Å²) in [4.78, 5) is 0. The second kappa shape index (κ2) is 6.46. The molecule has 0 amide bonds. The Bertz CT molecular complexity index is 611. The molecule has 0 spiro atoms. The van der Waals surface area contributed by atoms with Crippen LogP contribution in [-0.4, -0.2) is 12.6 Å². The molecule has 0 bridgehead atoms. The van der Waals surface area contributed by atoms with E-state index in [-0.39, 0.29) is 5.02 Å². The molecule has 0 heterocycles. The molecule has 2 aromatic rings. The van der Waals surface area contributed by atoms with Crippen molar-refractivity contribution in [3.05, 3.63) is 64.4 Å². The van der Waals surface area contributed by atoms with Crippen molar-refractivity contribution in [3.63, 3.8) is 0 Å². The Morgan fingerprint density at radius 3 is 2.43 bits per heavy atom. The number of hydrogen-bond donors (Lipinski definition) is 1. The highest BCUT2D eigenvalue weighted by Gasteiger charge is 2.22. The van der Waals surface area contributed by atoms with Crippen LogP contribution in [0.3, 0.4) is 0 Å². The number of benzene rings is 2. The van der Waals surface area contributed by atoms with Crippen LogP contribution in [0.2, 0.25) is 5.02 Å². The lowest BCUT2D eigenvalue weighted by atomic mass is 9.87. The van der Waals surface area contributed by atoms with E-state index in [1.807, 2.05) is 37.3 Å². The average Bonchev–Trinajstić information content (AvgIpc) is 2.44. The number of halogens is 2. The van der Waals surface area contributed by atoms with Gasteiger partial charge in [-0.3, -0.25) is 0 Å². The summed E-state index contributed by atoms with van der Waals surface area (Å²) >= 11 is 5.99. The first kappa shape index (κ1) is 15.8. The Balaban J connectivity index is 2.12. The average molecular weight is 308 g/mol. The van der Waals surface area contributed by atoms with E-state index in [2.05, 4.69) is 0 Å². The second-order valence-electron chi connectivity index (χ2n) is 5.57. The highest BCUT2D eigenvalue weighted by atomic mass is 35.5. The van der Waals surface area contributed by atoms with E-state index in [4.69, 9.17) is 22.1 Å². The molecule has 2 aromatic carbocycles. The van der Waals surface area contributed by atoms with Gasteiger partial charge in [0.25, 0.3) is 0 Å². The minimum absolute atomic E-state index is 0.156. The molecule has 0 aliphatic carbocycles. The van der Waals surface area contributed by atoms with Crippen LogP contribution in [0, 0.1) is 5.82 Å². The molecule has 1 atom stereocenters. The molecule has 0 aliphatic heterocycles. The Kier molecular flexibility index (Phi) is 4.86. The molecule has 0 saturated carbocycles. The lowest BCUT2D eigenvalue weighted by Gasteiger charge is -2.25. The minimum atomic E-state index is -0.508. The fourth-order valence-corrected chi connectivity index (χ4v) is 2.59. The summed E-state index contributed by atoms with van der Waals surface area (Å²) in [6.07, 6.45) is 1.18. The normalized spacial score (nSPS) is 13.8. The third-order valence-electron chi connectivity index (χ3n) is 3.39. The van der Waals surface area contributed by atoms with Crippen LogP contribution in [0.4, 0.5) is 4.39 Å². The molecule has 0 aromatic heterocycles. The van der Waals surface area contributed by atoms with Gasteiger partial charge in [-0.1, -0.05) is 35.9 Å². The van der Waals surface area contributed by atoms with Crippen LogP contribution in [-0.2, 0) is 12.8 Å². The van der Waals surface area contributed by atoms with E-state index in [1.165, 1.54) is 6.07 Å². The lowest BCUT2D eigenvalue weighted by Crippen LogP contribution is -2.41. The zero-order valence-corrected chi connectivity index (χ0v) is 13.0. The SMILES string of the molecule is COc1ccc(CC(C)(N)Cc2cccc(F)c2Cl)cc1. The van der Waals surface area contributed by atoms with Gasteiger partial charge in [0.05, 0.1) is 12.1 Å². The first-order valence-electron chi connectivity index (χ1n) is 6.76. The molecule has 112 valence electrons. The zero-order chi connectivity index (χ0) is 15.5. The molecular weight excluding hydrogens is 289 g/mol. The number of rotatable bonds is 5. The summed E-state index contributed by atoms with van der Waals surface area (Å²) in [5, 5.41) is 0.156. The number of methoxy groups -OCH3 is 1. The van der Waals surface area contributed by atoms with Gasteiger partial charge < -0.3 is 10.5 Å². The van der Waals surface area contributed by atoms with E-state index in [0.717, 1.165) is 16.9 Å². The molecular formula is C17H19ClFNO. The van der Waals surface area contributed by atoms with Crippen molar-refractivity contribution >= 4 is 11.6 Å². The minimum Gasteiger partial charge on any atom is -0.497 e. The summed E-state index contributed by atoms with van der Waals surface area (Å²) < 4.78 is 18.6. The number of ether oxygens (including phenoxy) is 1. The predicted molar refractivity (Wildman–Crippen MR) is 84.4 cm³/mol. The quantitative estimate of drug-likeness (QED) is 0.906. The summed E-state index contributed by atoms with van der Waals surface area (Å²) in [6, 6.07) is 12.6. The summed E-state index contributed by atoms with van der Waals surface area (Å²) in [5.41, 5.74) is 7.69. The summed E-state index contributed by atoms with van der Waals surface area (Å²) in [5.74, 6) is 0.403. The molecule has 2 nitrogen and oxygen atoms in total. The molecule has 2 N–H and O–H groups in total. The van der Waals surface area contributed by atoms with Crippen LogP contribution in [0.25, 0.3) is 0 Å². The van der Waals surface area contributed by atoms with Crippen LogP contribution in [0.15, 0.2) is 42.5 Å². The first-order valence-corrected chi connectivity index (χ1v) is 7.14. The standard InChI is InChI=1S/C17H19ClFNO/c1-17(20,10-12-6-8-14(21-2)9-7-12)11-13-4-3-5-15(19)16(13)18/h3-9H,10-11,20H2,1-2H3. The van der Waals surface area contributed by atoms with Crippen molar-refractivity contribution in [2.75, 3.05) is 7.11 Å². The smallest absolute Gasteiger partial charge is 0.142 e. The van der Waals surface area contributed by atoms with Crippen LogP contribution < -0.4 is 10.5 Å². The van der Waals surface area contributed by atoms with Crippen LogP contribution in [0.1, 0.15) is 18.1 Å². The Hall–Kier alpha value is -1.58. The molecule has 1 unspecified atom stereocenters. The molecule has 4 heteroatoms. The maximum Gasteiger partial charge on any atom is 0.142 e. The third-order valence-corrected chi connectivity index (χ3v) is 3.82. The van der Waals surface area contributed by atoms with Gasteiger partial charge in [-0.05, 0) is 49.1 Å². The van der Waals surface area contributed by atoms with Crippen molar-refractivity contribution in [2.45, 2.75) is 25.3 Å². The predicted octanol–water partition coefficient (Wildman–Crippen LogP) is 3.99. The molecule has 0 saturated heterocycles. The van der Waals surface area contributed by atoms with E-state index >= 15 is 0 Å². The molecule has 21 heavy (non-hydrogen) atoms. The van der Waals surface area contributed by atoms with Gasteiger partial charge in [0, 0.05) is 5.54 Å². The van der Waals surface area contributed by atoms with Crippen molar-refractivity contribution < 1.29 is 9.13 Å². The Labute approximate surface area is 129 Å². The third kappa shape index (κ3) is 4.19. The van der Waals surface area contributed by atoms with E-state index < -0.39 is 11.4 Å². The largest absolute Gasteiger partial charge is 0.497 e. The highest BCUT2D eigenvalue weighted by molar-refractivity contribution is 6.31. The van der Waals surface area contributed by atoms with Crippen molar-refractivity contribution in [1.82, 2.24) is 0 Å². The van der Waals surface area contributed by atoms with Gasteiger partial charge in [0.1, 0.15) is 11.6 Å². The van der Waals surface area contributed by atoms with Gasteiger partial charge in [0.2, 0.25) is 0 Å². The van der Waals surface area contributed by atoms with Crippen LogP contribution >= 0.6 is 11.6 Å². The monoisotopic (exact) mass is 307 g/mol. The second-order valence-corrected chi connectivity index (χ2v) is 5.95. The first-order chi connectivity index (χ1) is 9.91. The molecule has 2 rings (SSSR count). The maximum absolute atomic E-state index is 13.5. The zero-order valence-electron chi connectivity index (χ0n) is 12.2. The summed E-state index contributed by atoms with van der Waals surface area (Å²) in [6.45, 7) is 1.94.